The first kappa shape index (κ1) is 32.2. The van der Waals surface area contributed by atoms with E-state index in [4.69, 9.17) is 10.5 Å². The summed E-state index contributed by atoms with van der Waals surface area (Å²) in [5, 5.41) is 10.3. The van der Waals surface area contributed by atoms with Crippen LogP contribution in [0.3, 0.4) is 0 Å². The normalized spacial score (nSPS) is 14.7. The van der Waals surface area contributed by atoms with Gasteiger partial charge in [0.15, 0.2) is 0 Å². The van der Waals surface area contributed by atoms with Crippen molar-refractivity contribution in [3.63, 3.8) is 0 Å². The molecular formula is C26H19F12NO2. The van der Waals surface area contributed by atoms with E-state index in [2.05, 4.69) is 0 Å². The number of halogens is 12. The smallest absolute Gasteiger partial charge is 0.389 e. The van der Waals surface area contributed by atoms with Crippen molar-refractivity contribution in [3.05, 3.63) is 82.4 Å². The Bertz CT molecular complexity index is 1230. The number of rotatable bonds is 6. The van der Waals surface area contributed by atoms with Gasteiger partial charge < -0.3 is 15.6 Å². The highest BCUT2D eigenvalue weighted by Gasteiger charge is 2.38. The van der Waals surface area contributed by atoms with Crippen LogP contribution in [0.15, 0.2) is 54.6 Å². The number of nitrogens with two attached hydrogens (primary N) is 1. The molecule has 0 fully saturated rings. The fourth-order valence-corrected chi connectivity index (χ4v) is 3.92. The van der Waals surface area contributed by atoms with Gasteiger partial charge in [-0.2, -0.15) is 52.7 Å². The Morgan fingerprint density at radius 2 is 0.854 bits per heavy atom. The van der Waals surface area contributed by atoms with Crippen molar-refractivity contribution in [2.45, 2.75) is 36.9 Å². The molecule has 3 aromatic carbocycles. The van der Waals surface area contributed by atoms with Gasteiger partial charge in [0.2, 0.25) is 0 Å². The molecule has 3 nitrogen and oxygen atoms in total. The summed E-state index contributed by atoms with van der Waals surface area (Å²) in [7, 11) is 1.17. The van der Waals surface area contributed by atoms with Crippen molar-refractivity contribution in [2.75, 3.05) is 13.7 Å². The minimum Gasteiger partial charge on any atom is -0.389 e. The van der Waals surface area contributed by atoms with Crippen molar-refractivity contribution in [3.8, 4) is 22.3 Å². The van der Waals surface area contributed by atoms with E-state index in [0.29, 0.717) is 24.3 Å². The van der Waals surface area contributed by atoms with Gasteiger partial charge in [-0.25, -0.2) is 0 Å². The molecule has 0 radical (unpaired) electrons. The number of alkyl halides is 12. The van der Waals surface area contributed by atoms with Crippen molar-refractivity contribution >= 4 is 0 Å². The van der Waals surface area contributed by atoms with Crippen molar-refractivity contribution in [1.82, 2.24) is 0 Å². The predicted molar refractivity (Wildman–Crippen MR) is 122 cm³/mol. The largest absolute Gasteiger partial charge is 0.416 e. The van der Waals surface area contributed by atoms with Gasteiger partial charge in [-0.05, 0) is 82.4 Å². The molecule has 15 heteroatoms. The molecule has 224 valence electrons. The van der Waals surface area contributed by atoms with Crippen LogP contribution in [0.25, 0.3) is 22.3 Å². The summed E-state index contributed by atoms with van der Waals surface area (Å²) in [4.78, 5) is 0. The summed E-state index contributed by atoms with van der Waals surface area (Å²) in [6.07, 6.45) is -22.5. The van der Waals surface area contributed by atoms with E-state index in [9.17, 15) is 57.8 Å². The average Bonchev–Trinajstić information content (AvgIpc) is 2.85. The lowest BCUT2D eigenvalue weighted by Crippen LogP contribution is -2.30. The summed E-state index contributed by atoms with van der Waals surface area (Å²) in [5.41, 5.74) is -3.45. The standard InChI is InChI=1S/C26H19F12NO2/c1-41-11-21(40)22(39)16-3-12(14-5-17(23(27,28)29)9-18(6-14)24(30,31)32)2-13(4-16)15-7-19(25(33,34)35)10-20(8-15)26(36,37)38/h2-10,21-22,40H,11,39H2,1H3/t21-,22+/m0/s1. The number of methoxy groups -OCH3 is 1. The first-order chi connectivity index (χ1) is 18.6. The van der Waals surface area contributed by atoms with Crippen molar-refractivity contribution < 1.29 is 62.5 Å². The van der Waals surface area contributed by atoms with Gasteiger partial charge in [0.05, 0.1) is 41.0 Å². The molecule has 0 saturated heterocycles. The Balaban J connectivity index is 2.39. The number of ether oxygens (including phenoxy) is 1. The summed E-state index contributed by atoms with van der Waals surface area (Å²) < 4.78 is 166. The molecule has 2 atom stereocenters. The van der Waals surface area contributed by atoms with E-state index in [1.165, 1.54) is 7.11 Å². The van der Waals surface area contributed by atoms with Gasteiger partial charge >= 0.3 is 24.7 Å². The highest BCUT2D eigenvalue weighted by Crippen LogP contribution is 2.42. The van der Waals surface area contributed by atoms with Crippen molar-refractivity contribution in [1.29, 1.82) is 0 Å². The Morgan fingerprint density at radius 1 is 0.561 bits per heavy atom. The van der Waals surface area contributed by atoms with Gasteiger partial charge in [-0.1, -0.05) is 0 Å². The van der Waals surface area contributed by atoms with Crippen LogP contribution in [0.5, 0.6) is 0 Å². The zero-order valence-electron chi connectivity index (χ0n) is 20.5. The molecule has 41 heavy (non-hydrogen) atoms. The topological polar surface area (TPSA) is 55.5 Å². The third-order valence-corrected chi connectivity index (χ3v) is 5.93. The monoisotopic (exact) mass is 605 g/mol. The lowest BCUT2D eigenvalue weighted by molar-refractivity contribution is -0.144. The Hall–Kier alpha value is -3.30. The van der Waals surface area contributed by atoms with E-state index in [1.807, 2.05) is 0 Å². The zero-order valence-corrected chi connectivity index (χ0v) is 20.5. The Labute approximate surface area is 224 Å². The van der Waals surface area contributed by atoms with Crippen molar-refractivity contribution in [2.24, 2.45) is 5.73 Å². The van der Waals surface area contributed by atoms with Gasteiger partial charge in [-0.15, -0.1) is 0 Å². The van der Waals surface area contributed by atoms with Crippen LogP contribution in [0.1, 0.15) is 33.9 Å². The Kier molecular flexibility index (Phi) is 8.78. The quantitative estimate of drug-likeness (QED) is 0.279. The Morgan fingerprint density at radius 3 is 1.12 bits per heavy atom. The van der Waals surface area contributed by atoms with Crippen LogP contribution in [0, 0.1) is 0 Å². The maximum absolute atomic E-state index is 13.5. The summed E-state index contributed by atoms with van der Waals surface area (Å²) in [5.74, 6) is 0. The number of hydrogen-bond donors (Lipinski definition) is 2. The lowest BCUT2D eigenvalue weighted by Gasteiger charge is -2.22. The molecule has 0 spiro atoms. The first-order valence-electron chi connectivity index (χ1n) is 11.3. The van der Waals surface area contributed by atoms with Crippen LogP contribution in [-0.4, -0.2) is 24.9 Å². The highest BCUT2D eigenvalue weighted by atomic mass is 19.4. The second-order valence-corrected chi connectivity index (χ2v) is 8.98. The second-order valence-electron chi connectivity index (χ2n) is 8.98. The van der Waals surface area contributed by atoms with Crippen LogP contribution in [-0.2, 0) is 29.4 Å². The number of benzene rings is 3. The SMILES string of the molecule is COC[C@H](O)[C@H](N)c1cc(-c2cc(C(F)(F)F)cc(C(F)(F)F)c2)cc(-c2cc(C(F)(F)F)cc(C(F)(F)F)c2)c1. The molecule has 0 aliphatic carbocycles. The van der Waals surface area contributed by atoms with E-state index < -0.39 is 88.0 Å². The molecule has 3 rings (SSSR count). The van der Waals surface area contributed by atoms with E-state index in [1.54, 1.807) is 0 Å². The number of hydrogen-bond acceptors (Lipinski definition) is 3. The minimum absolute atomic E-state index is 0.148. The summed E-state index contributed by atoms with van der Waals surface area (Å²) in [6.45, 7) is -0.412. The molecule has 0 heterocycles. The molecule has 0 saturated carbocycles. The van der Waals surface area contributed by atoms with Gasteiger partial charge in [0.1, 0.15) is 0 Å². The molecule has 0 aromatic heterocycles. The average molecular weight is 605 g/mol. The lowest BCUT2D eigenvalue weighted by atomic mass is 9.90. The zero-order chi connectivity index (χ0) is 31.1. The third-order valence-electron chi connectivity index (χ3n) is 5.93. The van der Waals surface area contributed by atoms with Crippen LogP contribution in [0.2, 0.25) is 0 Å². The molecule has 3 N–H and O–H groups in total. The molecule has 0 unspecified atom stereocenters. The molecule has 3 aromatic rings. The highest BCUT2D eigenvalue weighted by molar-refractivity contribution is 5.76. The maximum atomic E-state index is 13.5. The third kappa shape index (κ3) is 7.71. The van der Waals surface area contributed by atoms with E-state index >= 15 is 0 Å². The number of aliphatic hydroxyl groups is 1. The number of aliphatic hydroxyl groups excluding tert-OH is 1. The van der Waals surface area contributed by atoms with Crippen LogP contribution >= 0.6 is 0 Å². The van der Waals surface area contributed by atoms with Gasteiger partial charge in [0, 0.05) is 7.11 Å². The first-order valence-corrected chi connectivity index (χ1v) is 11.3. The molecular weight excluding hydrogens is 586 g/mol. The summed E-state index contributed by atoms with van der Waals surface area (Å²) >= 11 is 0. The molecule has 0 aliphatic heterocycles. The van der Waals surface area contributed by atoms with Gasteiger partial charge in [0.25, 0.3) is 0 Å². The van der Waals surface area contributed by atoms with Gasteiger partial charge in [-0.3, -0.25) is 0 Å². The van der Waals surface area contributed by atoms with E-state index in [-0.39, 0.29) is 17.7 Å². The minimum atomic E-state index is -5.25. The van der Waals surface area contributed by atoms with Crippen LogP contribution in [0.4, 0.5) is 52.7 Å². The molecule has 0 amide bonds. The predicted octanol–water partition coefficient (Wildman–Crippen LogP) is 8.10. The molecule has 0 aliphatic rings. The molecule has 0 bridgehead atoms. The van der Waals surface area contributed by atoms with Crippen LogP contribution < -0.4 is 5.73 Å². The second kappa shape index (κ2) is 11.2. The summed E-state index contributed by atoms with van der Waals surface area (Å²) in [6, 6.07) is 2.35. The fraction of sp³-hybridized carbons (Fsp3) is 0.308. The maximum Gasteiger partial charge on any atom is 0.416 e. The fourth-order valence-electron chi connectivity index (χ4n) is 3.92. The van der Waals surface area contributed by atoms with E-state index in [0.717, 1.165) is 18.2 Å².